The zero-order chi connectivity index (χ0) is 9.14. The van der Waals surface area contributed by atoms with Crippen LogP contribution < -0.4 is 0 Å². The number of halogens is 1. The average molecular weight is 224 g/mol. The normalized spacial score (nSPS) is 27.2. The summed E-state index contributed by atoms with van der Waals surface area (Å²) in [6, 6.07) is 0.449. The first-order chi connectivity index (χ1) is 5.66. The van der Waals surface area contributed by atoms with Crippen LogP contribution in [0.3, 0.4) is 0 Å². The predicted octanol–water partition coefficient (Wildman–Crippen LogP) is 2.03. The molecule has 2 nitrogen and oxygen atoms in total. The SMILES string of the molecule is CSCC(=O)N1CCC(C)C1C.Cl. The molecule has 0 bridgehead atoms. The molecule has 4 heteroatoms. The fraction of sp³-hybridized carbons (Fsp3) is 0.889. The van der Waals surface area contributed by atoms with E-state index in [0.29, 0.717) is 23.6 Å². The first kappa shape index (κ1) is 13.1. The lowest BCUT2D eigenvalue weighted by molar-refractivity contribution is -0.129. The quantitative estimate of drug-likeness (QED) is 0.714. The highest BCUT2D eigenvalue weighted by atomic mass is 35.5. The maximum atomic E-state index is 11.5. The minimum atomic E-state index is 0. The van der Waals surface area contributed by atoms with Gasteiger partial charge in [0.2, 0.25) is 5.91 Å². The fourth-order valence-corrected chi connectivity index (χ4v) is 2.07. The fourth-order valence-electron chi connectivity index (χ4n) is 1.65. The Labute approximate surface area is 90.9 Å². The van der Waals surface area contributed by atoms with E-state index in [4.69, 9.17) is 0 Å². The van der Waals surface area contributed by atoms with Gasteiger partial charge in [0.1, 0.15) is 0 Å². The topological polar surface area (TPSA) is 20.3 Å². The molecule has 0 aromatic heterocycles. The van der Waals surface area contributed by atoms with Crippen molar-refractivity contribution in [2.24, 2.45) is 5.92 Å². The Hall–Kier alpha value is 0.110. The molecular formula is C9H18ClNOS. The van der Waals surface area contributed by atoms with Crippen LogP contribution in [0.5, 0.6) is 0 Å². The maximum absolute atomic E-state index is 11.5. The van der Waals surface area contributed by atoms with Crippen LogP contribution in [0.1, 0.15) is 20.3 Å². The Balaban J connectivity index is 0.00000144. The van der Waals surface area contributed by atoms with Gasteiger partial charge in [-0.15, -0.1) is 12.4 Å². The van der Waals surface area contributed by atoms with Crippen LogP contribution in [0.4, 0.5) is 0 Å². The molecule has 0 N–H and O–H groups in total. The number of likely N-dealkylation sites (tertiary alicyclic amines) is 1. The van der Waals surface area contributed by atoms with Crippen LogP contribution in [-0.2, 0) is 4.79 Å². The summed E-state index contributed by atoms with van der Waals surface area (Å²) < 4.78 is 0. The van der Waals surface area contributed by atoms with Crippen LogP contribution in [0.25, 0.3) is 0 Å². The molecule has 0 radical (unpaired) electrons. The number of hydrogen-bond donors (Lipinski definition) is 0. The third kappa shape index (κ3) is 3.06. The van der Waals surface area contributed by atoms with Crippen molar-refractivity contribution in [3.8, 4) is 0 Å². The molecule has 1 aliphatic heterocycles. The third-order valence-corrected chi connectivity index (χ3v) is 3.26. The zero-order valence-electron chi connectivity index (χ0n) is 8.45. The van der Waals surface area contributed by atoms with E-state index in [2.05, 4.69) is 13.8 Å². The summed E-state index contributed by atoms with van der Waals surface area (Å²) in [4.78, 5) is 13.5. The second kappa shape index (κ2) is 5.76. The van der Waals surface area contributed by atoms with Crippen LogP contribution in [0.15, 0.2) is 0 Å². The van der Waals surface area contributed by atoms with Gasteiger partial charge in [-0.25, -0.2) is 0 Å². The van der Waals surface area contributed by atoms with Crippen molar-refractivity contribution < 1.29 is 4.79 Å². The van der Waals surface area contributed by atoms with E-state index in [1.807, 2.05) is 11.2 Å². The van der Waals surface area contributed by atoms with Gasteiger partial charge in [-0.1, -0.05) is 6.92 Å². The van der Waals surface area contributed by atoms with Crippen LogP contribution in [0, 0.1) is 5.92 Å². The molecule has 0 aliphatic carbocycles. The molecule has 1 amide bonds. The van der Waals surface area contributed by atoms with Crippen molar-refractivity contribution >= 4 is 30.1 Å². The van der Waals surface area contributed by atoms with Gasteiger partial charge in [-0.2, -0.15) is 11.8 Å². The van der Waals surface area contributed by atoms with E-state index in [-0.39, 0.29) is 12.4 Å². The van der Waals surface area contributed by atoms with Gasteiger partial charge >= 0.3 is 0 Å². The lowest BCUT2D eigenvalue weighted by atomic mass is 10.1. The number of carbonyl (C=O) groups is 1. The first-order valence-electron chi connectivity index (χ1n) is 4.45. The Bertz CT molecular complexity index is 177. The molecule has 1 fully saturated rings. The van der Waals surface area contributed by atoms with E-state index in [1.54, 1.807) is 11.8 Å². The summed E-state index contributed by atoms with van der Waals surface area (Å²) in [6.07, 6.45) is 3.14. The Morgan fingerprint density at radius 1 is 1.54 bits per heavy atom. The largest absolute Gasteiger partial charge is 0.339 e. The number of rotatable bonds is 2. The van der Waals surface area contributed by atoms with Gasteiger partial charge in [0.15, 0.2) is 0 Å². The van der Waals surface area contributed by atoms with Gasteiger partial charge < -0.3 is 4.90 Å². The molecular weight excluding hydrogens is 206 g/mol. The second-order valence-electron chi connectivity index (χ2n) is 3.53. The molecule has 1 aliphatic rings. The molecule has 78 valence electrons. The highest BCUT2D eigenvalue weighted by Crippen LogP contribution is 2.23. The van der Waals surface area contributed by atoms with Crippen LogP contribution >= 0.6 is 24.2 Å². The van der Waals surface area contributed by atoms with Crippen molar-refractivity contribution in [2.45, 2.75) is 26.3 Å². The van der Waals surface area contributed by atoms with Gasteiger partial charge in [-0.05, 0) is 25.5 Å². The van der Waals surface area contributed by atoms with Crippen molar-refractivity contribution in [3.05, 3.63) is 0 Å². The van der Waals surface area contributed by atoms with E-state index < -0.39 is 0 Å². The summed E-state index contributed by atoms with van der Waals surface area (Å²) in [7, 11) is 0. The summed E-state index contributed by atoms with van der Waals surface area (Å²) >= 11 is 1.61. The van der Waals surface area contributed by atoms with E-state index in [9.17, 15) is 4.79 Å². The van der Waals surface area contributed by atoms with Crippen molar-refractivity contribution in [3.63, 3.8) is 0 Å². The first-order valence-corrected chi connectivity index (χ1v) is 5.84. The second-order valence-corrected chi connectivity index (χ2v) is 4.39. The van der Waals surface area contributed by atoms with Crippen molar-refractivity contribution in [2.75, 3.05) is 18.6 Å². The maximum Gasteiger partial charge on any atom is 0.232 e. The predicted molar refractivity (Wildman–Crippen MR) is 60.6 cm³/mol. The summed E-state index contributed by atoms with van der Waals surface area (Å²) in [5, 5.41) is 0. The number of thioether (sulfide) groups is 1. The molecule has 0 saturated carbocycles. The molecule has 0 spiro atoms. The molecule has 13 heavy (non-hydrogen) atoms. The summed E-state index contributed by atoms with van der Waals surface area (Å²) in [6.45, 7) is 5.33. The smallest absolute Gasteiger partial charge is 0.232 e. The van der Waals surface area contributed by atoms with Crippen LogP contribution in [-0.4, -0.2) is 35.4 Å². The number of nitrogens with zero attached hydrogens (tertiary/aromatic N) is 1. The molecule has 2 atom stereocenters. The van der Waals surface area contributed by atoms with Gasteiger partial charge in [0.05, 0.1) is 5.75 Å². The minimum absolute atomic E-state index is 0. The molecule has 1 saturated heterocycles. The molecule has 1 heterocycles. The van der Waals surface area contributed by atoms with Gasteiger partial charge in [0.25, 0.3) is 0 Å². The lowest BCUT2D eigenvalue weighted by Gasteiger charge is -2.22. The number of hydrogen-bond acceptors (Lipinski definition) is 2. The van der Waals surface area contributed by atoms with E-state index in [1.165, 1.54) is 6.42 Å². The molecule has 1 rings (SSSR count). The van der Waals surface area contributed by atoms with Crippen molar-refractivity contribution in [1.82, 2.24) is 4.90 Å². The van der Waals surface area contributed by atoms with Gasteiger partial charge in [-0.3, -0.25) is 4.79 Å². The standard InChI is InChI=1S/C9H17NOS.ClH/c1-7-4-5-10(8(7)2)9(11)6-12-3;/h7-8H,4-6H2,1-3H3;1H. The number of carbonyl (C=O) groups excluding carboxylic acids is 1. The zero-order valence-corrected chi connectivity index (χ0v) is 10.1. The Morgan fingerprint density at radius 3 is 2.54 bits per heavy atom. The average Bonchev–Trinajstić information content (AvgIpc) is 2.34. The lowest BCUT2D eigenvalue weighted by Crippen LogP contribution is -2.36. The molecule has 2 unspecified atom stereocenters. The highest BCUT2D eigenvalue weighted by molar-refractivity contribution is 7.99. The van der Waals surface area contributed by atoms with Crippen LogP contribution in [0.2, 0.25) is 0 Å². The molecule has 0 aromatic carbocycles. The van der Waals surface area contributed by atoms with E-state index in [0.717, 1.165) is 6.54 Å². The van der Waals surface area contributed by atoms with Crippen molar-refractivity contribution in [1.29, 1.82) is 0 Å². The summed E-state index contributed by atoms with van der Waals surface area (Å²) in [5.41, 5.74) is 0. The summed E-state index contributed by atoms with van der Waals surface area (Å²) in [5.74, 6) is 1.62. The Morgan fingerprint density at radius 2 is 2.15 bits per heavy atom. The monoisotopic (exact) mass is 223 g/mol. The number of amides is 1. The third-order valence-electron chi connectivity index (χ3n) is 2.73. The van der Waals surface area contributed by atoms with Gasteiger partial charge in [0, 0.05) is 12.6 Å². The molecule has 0 aromatic rings. The Kier molecular flexibility index (Phi) is 5.81. The highest BCUT2D eigenvalue weighted by Gasteiger charge is 2.30. The van der Waals surface area contributed by atoms with E-state index >= 15 is 0 Å². The minimum Gasteiger partial charge on any atom is -0.339 e.